The Hall–Kier alpha value is -1.17. The minimum Gasteiger partial charge on any atom is -0.461 e. The fourth-order valence-corrected chi connectivity index (χ4v) is 5.98. The summed E-state index contributed by atoms with van der Waals surface area (Å²) in [4.78, 5) is 15.1. The van der Waals surface area contributed by atoms with E-state index >= 15 is 0 Å². The zero-order chi connectivity index (χ0) is 18.6. The Morgan fingerprint density at radius 1 is 1.19 bits per heavy atom. The van der Waals surface area contributed by atoms with Gasteiger partial charge in [0.15, 0.2) is 5.79 Å². The highest BCUT2D eigenvalue weighted by molar-refractivity contribution is 5.76. The van der Waals surface area contributed by atoms with E-state index < -0.39 is 0 Å². The van der Waals surface area contributed by atoms with Gasteiger partial charge in [0.05, 0.1) is 19.1 Å². The van der Waals surface area contributed by atoms with Crippen LogP contribution in [0.5, 0.6) is 0 Å². The van der Waals surface area contributed by atoms with Crippen LogP contribution in [-0.4, -0.2) is 55.6 Å². The molecule has 3 aliphatic heterocycles. The third-order valence-corrected chi connectivity index (χ3v) is 7.58. The molecule has 5 nitrogen and oxygen atoms in total. The van der Waals surface area contributed by atoms with Crippen LogP contribution in [0, 0.1) is 17.3 Å². The SMILES string of the molecule is CC1=CCC[C@]2(C)C[C@H]3OC(=O)C(CN4CCC5(CC4)OCCO5)[C@H]3C=C12. The lowest BCUT2D eigenvalue weighted by atomic mass is 9.62. The largest absolute Gasteiger partial charge is 0.461 e. The van der Waals surface area contributed by atoms with Gasteiger partial charge in [-0.25, -0.2) is 0 Å². The lowest BCUT2D eigenvalue weighted by Crippen LogP contribution is -2.47. The summed E-state index contributed by atoms with van der Waals surface area (Å²) in [5.74, 6) is -0.175. The molecule has 5 rings (SSSR count). The molecule has 4 atom stereocenters. The van der Waals surface area contributed by atoms with Crippen LogP contribution in [-0.2, 0) is 19.0 Å². The fourth-order valence-electron chi connectivity index (χ4n) is 5.98. The molecule has 2 aliphatic carbocycles. The molecule has 1 unspecified atom stereocenters. The molecule has 0 saturated carbocycles. The van der Waals surface area contributed by atoms with Gasteiger partial charge in [0.1, 0.15) is 6.10 Å². The Labute approximate surface area is 161 Å². The van der Waals surface area contributed by atoms with Crippen LogP contribution in [0.4, 0.5) is 0 Å². The number of ether oxygens (including phenoxy) is 3. The van der Waals surface area contributed by atoms with Gasteiger partial charge < -0.3 is 19.1 Å². The zero-order valence-corrected chi connectivity index (χ0v) is 16.5. The fraction of sp³-hybridized carbons (Fsp3) is 0.773. The van der Waals surface area contributed by atoms with Crippen molar-refractivity contribution in [1.82, 2.24) is 4.90 Å². The summed E-state index contributed by atoms with van der Waals surface area (Å²) in [5.41, 5.74) is 3.03. The molecule has 3 heterocycles. The molecule has 5 heteroatoms. The molecule has 1 spiro atoms. The molecule has 0 bridgehead atoms. The van der Waals surface area contributed by atoms with Crippen molar-refractivity contribution in [2.45, 2.75) is 57.8 Å². The Bertz CT molecular complexity index is 682. The first kappa shape index (κ1) is 17.9. The number of rotatable bonds is 2. The van der Waals surface area contributed by atoms with Crippen molar-refractivity contribution in [1.29, 1.82) is 0 Å². The maximum absolute atomic E-state index is 12.7. The average molecular weight is 373 g/mol. The summed E-state index contributed by atoms with van der Waals surface area (Å²) in [6.07, 6.45) is 9.86. The molecule has 0 aromatic carbocycles. The van der Waals surface area contributed by atoms with Gasteiger partial charge in [0, 0.05) is 38.4 Å². The van der Waals surface area contributed by atoms with Gasteiger partial charge in [-0.05, 0) is 37.2 Å². The van der Waals surface area contributed by atoms with E-state index in [0.29, 0.717) is 13.2 Å². The maximum atomic E-state index is 12.7. The standard InChI is InChI=1S/C22H31NO4/c1-15-4-3-5-21(2)13-19-16(12-18(15)21)17(20(24)27-19)14-23-8-6-22(7-9-23)25-10-11-26-22/h4,12,16-17,19H,3,5-11,13-14H2,1-2H3/t16-,17?,19-,21-/m1/s1. The third-order valence-electron chi connectivity index (χ3n) is 7.58. The number of carbonyl (C=O) groups excluding carboxylic acids is 1. The van der Waals surface area contributed by atoms with Gasteiger partial charge >= 0.3 is 5.97 Å². The number of hydrogen-bond acceptors (Lipinski definition) is 5. The smallest absolute Gasteiger partial charge is 0.311 e. The summed E-state index contributed by atoms with van der Waals surface area (Å²) in [6, 6.07) is 0. The molecule has 0 aromatic rings. The van der Waals surface area contributed by atoms with Gasteiger partial charge in [0.2, 0.25) is 0 Å². The molecule has 148 valence electrons. The first-order chi connectivity index (χ1) is 13.0. The predicted molar refractivity (Wildman–Crippen MR) is 101 cm³/mol. The van der Waals surface area contributed by atoms with Crippen molar-refractivity contribution in [3.63, 3.8) is 0 Å². The second kappa shape index (κ2) is 6.43. The van der Waals surface area contributed by atoms with Crippen LogP contribution >= 0.6 is 0 Å². The number of hydrogen-bond donors (Lipinski definition) is 0. The number of piperidine rings is 1. The highest BCUT2D eigenvalue weighted by atomic mass is 16.7. The quantitative estimate of drug-likeness (QED) is 0.696. The Kier molecular flexibility index (Phi) is 4.26. The molecule has 5 aliphatic rings. The van der Waals surface area contributed by atoms with Crippen LogP contribution in [0.25, 0.3) is 0 Å². The highest BCUT2D eigenvalue weighted by Gasteiger charge is 2.51. The Morgan fingerprint density at radius 2 is 1.93 bits per heavy atom. The number of esters is 1. The summed E-state index contributed by atoms with van der Waals surface area (Å²) >= 11 is 0. The van der Waals surface area contributed by atoms with Gasteiger partial charge in [-0.3, -0.25) is 4.79 Å². The molecule has 0 aromatic heterocycles. The van der Waals surface area contributed by atoms with Crippen LogP contribution in [0.2, 0.25) is 0 Å². The summed E-state index contributed by atoms with van der Waals surface area (Å²) < 4.78 is 17.5. The zero-order valence-electron chi connectivity index (χ0n) is 16.5. The molecular formula is C22H31NO4. The number of allylic oxidation sites excluding steroid dienone is 3. The minimum atomic E-state index is -0.353. The van der Waals surface area contributed by atoms with Crippen molar-refractivity contribution >= 4 is 5.97 Å². The molecule has 27 heavy (non-hydrogen) atoms. The van der Waals surface area contributed by atoms with E-state index in [4.69, 9.17) is 14.2 Å². The number of carbonyl (C=O) groups is 1. The molecular weight excluding hydrogens is 342 g/mol. The minimum absolute atomic E-state index is 0.000572. The summed E-state index contributed by atoms with van der Waals surface area (Å²) in [6.45, 7) is 8.62. The molecule has 3 saturated heterocycles. The van der Waals surface area contributed by atoms with E-state index in [1.807, 2.05) is 0 Å². The second-order valence-corrected chi connectivity index (χ2v) is 9.34. The maximum Gasteiger partial charge on any atom is 0.311 e. The van der Waals surface area contributed by atoms with Crippen molar-refractivity contribution in [3.05, 3.63) is 23.3 Å². The summed E-state index contributed by atoms with van der Waals surface area (Å²) in [5, 5.41) is 0. The molecule has 3 fully saturated rings. The lowest BCUT2D eigenvalue weighted by Gasteiger charge is -2.43. The van der Waals surface area contributed by atoms with Crippen molar-refractivity contribution < 1.29 is 19.0 Å². The van der Waals surface area contributed by atoms with Gasteiger partial charge in [-0.2, -0.15) is 0 Å². The van der Waals surface area contributed by atoms with Crippen LogP contribution in [0.15, 0.2) is 23.3 Å². The Balaban J connectivity index is 1.31. The Morgan fingerprint density at radius 3 is 2.67 bits per heavy atom. The van der Waals surface area contributed by atoms with Crippen LogP contribution in [0.3, 0.4) is 0 Å². The van der Waals surface area contributed by atoms with E-state index in [1.165, 1.54) is 11.1 Å². The third kappa shape index (κ3) is 2.99. The number of fused-ring (bicyclic) bond motifs is 2. The van der Waals surface area contributed by atoms with E-state index in [1.54, 1.807) is 0 Å². The topological polar surface area (TPSA) is 48.0 Å². The monoisotopic (exact) mass is 373 g/mol. The van der Waals surface area contributed by atoms with Crippen LogP contribution in [0.1, 0.15) is 46.0 Å². The number of likely N-dealkylation sites (tertiary alicyclic amines) is 1. The van der Waals surface area contributed by atoms with Crippen LogP contribution < -0.4 is 0 Å². The van der Waals surface area contributed by atoms with Crippen molar-refractivity contribution in [3.8, 4) is 0 Å². The summed E-state index contributed by atoms with van der Waals surface area (Å²) in [7, 11) is 0. The lowest BCUT2D eigenvalue weighted by molar-refractivity contribution is -0.186. The second-order valence-electron chi connectivity index (χ2n) is 9.34. The van der Waals surface area contributed by atoms with E-state index in [9.17, 15) is 4.79 Å². The van der Waals surface area contributed by atoms with Gasteiger partial charge in [-0.1, -0.05) is 24.6 Å². The van der Waals surface area contributed by atoms with E-state index in [-0.39, 0.29) is 35.1 Å². The first-order valence-corrected chi connectivity index (χ1v) is 10.6. The van der Waals surface area contributed by atoms with Crippen molar-refractivity contribution in [2.75, 3.05) is 32.8 Å². The normalized spacial score (nSPS) is 41.0. The highest BCUT2D eigenvalue weighted by Crippen LogP contribution is 2.52. The molecule has 0 radical (unpaired) electrons. The van der Waals surface area contributed by atoms with Gasteiger partial charge in [-0.15, -0.1) is 0 Å². The average Bonchev–Trinajstić information content (AvgIpc) is 3.20. The van der Waals surface area contributed by atoms with E-state index in [2.05, 4.69) is 30.9 Å². The number of nitrogens with zero attached hydrogens (tertiary/aromatic N) is 1. The van der Waals surface area contributed by atoms with E-state index in [0.717, 1.165) is 51.7 Å². The van der Waals surface area contributed by atoms with Crippen molar-refractivity contribution in [2.24, 2.45) is 17.3 Å². The predicted octanol–water partition coefficient (Wildman–Crippen LogP) is 3.06. The molecule has 0 amide bonds. The molecule has 0 N–H and O–H groups in total. The van der Waals surface area contributed by atoms with Gasteiger partial charge in [0.25, 0.3) is 0 Å². The first-order valence-electron chi connectivity index (χ1n) is 10.6.